The summed E-state index contributed by atoms with van der Waals surface area (Å²) >= 11 is 0. The maximum atomic E-state index is 12.1. The molecule has 0 radical (unpaired) electrons. The minimum Gasteiger partial charge on any atom is -0.490 e. The zero-order valence-electron chi connectivity index (χ0n) is 9.69. The summed E-state index contributed by atoms with van der Waals surface area (Å²) in [6.07, 6.45) is 2.40. The van der Waals surface area contributed by atoms with E-state index < -0.39 is 0 Å². The van der Waals surface area contributed by atoms with Crippen molar-refractivity contribution >= 4 is 11.6 Å². The van der Waals surface area contributed by atoms with Crippen LogP contribution < -0.4 is 15.0 Å². The van der Waals surface area contributed by atoms with Gasteiger partial charge in [-0.3, -0.25) is 4.79 Å². The molecule has 1 amide bonds. The normalized spacial score (nSPS) is 18.5. The Labute approximate surface area is 101 Å². The van der Waals surface area contributed by atoms with Crippen molar-refractivity contribution in [1.82, 2.24) is 5.32 Å². The number of hydrogen-bond donors (Lipinski definition) is 1. The van der Waals surface area contributed by atoms with Gasteiger partial charge in [-0.25, -0.2) is 0 Å². The number of nitrogens with one attached hydrogen (secondary N) is 1. The third kappa shape index (κ3) is 2.26. The van der Waals surface area contributed by atoms with E-state index in [4.69, 9.17) is 4.74 Å². The van der Waals surface area contributed by atoms with Crippen LogP contribution in [0, 0.1) is 0 Å². The van der Waals surface area contributed by atoms with Crippen LogP contribution in [0.1, 0.15) is 12.8 Å². The molecular weight excluding hydrogens is 216 g/mol. The molecule has 90 valence electrons. The summed E-state index contributed by atoms with van der Waals surface area (Å²) in [4.78, 5) is 13.9. The lowest BCUT2D eigenvalue weighted by atomic mass is 10.2. The molecule has 17 heavy (non-hydrogen) atoms. The number of para-hydroxylation sites is 2. The Morgan fingerprint density at radius 1 is 1.41 bits per heavy atom. The zero-order chi connectivity index (χ0) is 11.7. The van der Waals surface area contributed by atoms with Gasteiger partial charge >= 0.3 is 0 Å². The van der Waals surface area contributed by atoms with Crippen LogP contribution in [-0.2, 0) is 4.79 Å². The molecule has 3 rings (SSSR count). The second-order valence-corrected chi connectivity index (χ2v) is 4.52. The minimum atomic E-state index is 0.132. The van der Waals surface area contributed by atoms with Gasteiger partial charge in [-0.15, -0.1) is 0 Å². The van der Waals surface area contributed by atoms with E-state index in [-0.39, 0.29) is 5.91 Å². The Morgan fingerprint density at radius 3 is 3.06 bits per heavy atom. The smallest absolute Gasteiger partial charge is 0.241 e. The molecule has 0 atom stereocenters. The first-order valence-corrected chi connectivity index (χ1v) is 6.10. The van der Waals surface area contributed by atoms with Gasteiger partial charge in [-0.05, 0) is 25.0 Å². The maximum absolute atomic E-state index is 12.1. The van der Waals surface area contributed by atoms with Crippen molar-refractivity contribution in [2.24, 2.45) is 0 Å². The Kier molecular flexibility index (Phi) is 2.73. The number of hydrogen-bond acceptors (Lipinski definition) is 3. The highest BCUT2D eigenvalue weighted by Crippen LogP contribution is 2.30. The van der Waals surface area contributed by atoms with Crippen LogP contribution in [-0.4, -0.2) is 31.6 Å². The number of fused-ring (bicyclic) bond motifs is 1. The van der Waals surface area contributed by atoms with Crippen LogP contribution in [0.15, 0.2) is 24.3 Å². The average molecular weight is 232 g/mol. The van der Waals surface area contributed by atoms with E-state index in [1.165, 1.54) is 12.8 Å². The first-order valence-electron chi connectivity index (χ1n) is 6.10. The van der Waals surface area contributed by atoms with Gasteiger partial charge in [0.15, 0.2) is 0 Å². The number of carbonyl (C=O) groups is 1. The van der Waals surface area contributed by atoms with Gasteiger partial charge in [-0.1, -0.05) is 12.1 Å². The molecule has 1 aliphatic carbocycles. The van der Waals surface area contributed by atoms with Gasteiger partial charge < -0.3 is 15.0 Å². The van der Waals surface area contributed by atoms with Gasteiger partial charge in [0.25, 0.3) is 0 Å². The Bertz CT molecular complexity index is 429. The molecule has 0 bridgehead atoms. The number of ether oxygens (including phenoxy) is 1. The average Bonchev–Trinajstić information content (AvgIpc) is 3.19. The standard InChI is InChI=1S/C13H16N2O2/c16-13(9-14-10-5-6-10)15-7-8-17-12-4-2-1-3-11(12)15/h1-4,10,14H,5-9H2. The van der Waals surface area contributed by atoms with Crippen molar-refractivity contribution in [1.29, 1.82) is 0 Å². The first kappa shape index (κ1) is 10.6. The molecule has 1 aromatic rings. The fourth-order valence-corrected chi connectivity index (χ4v) is 2.04. The van der Waals surface area contributed by atoms with E-state index in [0.29, 0.717) is 25.7 Å². The van der Waals surface area contributed by atoms with E-state index in [1.807, 2.05) is 29.2 Å². The lowest BCUT2D eigenvalue weighted by Crippen LogP contribution is -2.43. The number of nitrogens with zero attached hydrogens (tertiary/aromatic N) is 1. The van der Waals surface area contributed by atoms with Crippen LogP contribution in [0.5, 0.6) is 5.75 Å². The van der Waals surface area contributed by atoms with Crippen molar-refractivity contribution in [2.45, 2.75) is 18.9 Å². The maximum Gasteiger partial charge on any atom is 0.241 e. The molecule has 0 unspecified atom stereocenters. The summed E-state index contributed by atoms with van der Waals surface area (Å²) in [5, 5.41) is 3.25. The fourth-order valence-electron chi connectivity index (χ4n) is 2.04. The summed E-state index contributed by atoms with van der Waals surface area (Å²) in [6, 6.07) is 8.26. The quantitative estimate of drug-likeness (QED) is 0.850. The summed E-state index contributed by atoms with van der Waals surface area (Å²) in [5.74, 6) is 0.936. The number of carbonyl (C=O) groups excluding carboxylic acids is 1. The molecular formula is C13H16N2O2. The van der Waals surface area contributed by atoms with Crippen molar-refractivity contribution in [2.75, 3.05) is 24.6 Å². The first-order chi connectivity index (χ1) is 8.34. The predicted molar refractivity (Wildman–Crippen MR) is 65.3 cm³/mol. The largest absolute Gasteiger partial charge is 0.490 e. The van der Waals surface area contributed by atoms with Crippen LogP contribution in [0.4, 0.5) is 5.69 Å². The highest BCUT2D eigenvalue weighted by molar-refractivity contribution is 5.96. The van der Waals surface area contributed by atoms with Crippen LogP contribution >= 0.6 is 0 Å². The summed E-state index contributed by atoms with van der Waals surface area (Å²) < 4.78 is 5.53. The molecule has 1 saturated carbocycles. The predicted octanol–water partition coefficient (Wildman–Crippen LogP) is 1.16. The van der Waals surface area contributed by atoms with Gasteiger partial charge in [0.1, 0.15) is 12.4 Å². The molecule has 1 N–H and O–H groups in total. The molecule has 0 saturated heterocycles. The van der Waals surface area contributed by atoms with E-state index in [1.54, 1.807) is 0 Å². The molecule has 0 spiro atoms. The Hall–Kier alpha value is -1.55. The molecule has 0 aromatic heterocycles. The number of rotatable bonds is 3. The molecule has 4 heteroatoms. The SMILES string of the molecule is O=C(CNC1CC1)N1CCOc2ccccc21. The monoisotopic (exact) mass is 232 g/mol. The van der Waals surface area contributed by atoms with E-state index in [9.17, 15) is 4.79 Å². The lowest BCUT2D eigenvalue weighted by molar-refractivity contribution is -0.118. The van der Waals surface area contributed by atoms with Gasteiger partial charge in [-0.2, -0.15) is 0 Å². The van der Waals surface area contributed by atoms with Crippen molar-refractivity contribution < 1.29 is 9.53 Å². The third-order valence-electron chi connectivity index (χ3n) is 3.15. The number of amides is 1. The van der Waals surface area contributed by atoms with Gasteiger partial charge in [0, 0.05) is 6.04 Å². The Balaban J connectivity index is 1.72. The van der Waals surface area contributed by atoms with Crippen molar-refractivity contribution in [3.8, 4) is 5.75 Å². The van der Waals surface area contributed by atoms with Gasteiger partial charge in [0.05, 0.1) is 18.8 Å². The molecule has 1 heterocycles. The number of benzene rings is 1. The Morgan fingerprint density at radius 2 is 2.24 bits per heavy atom. The third-order valence-corrected chi connectivity index (χ3v) is 3.15. The molecule has 1 aromatic carbocycles. The van der Waals surface area contributed by atoms with Crippen molar-refractivity contribution in [3.63, 3.8) is 0 Å². The fraction of sp³-hybridized carbons (Fsp3) is 0.462. The van der Waals surface area contributed by atoms with Crippen LogP contribution in [0.3, 0.4) is 0 Å². The summed E-state index contributed by atoms with van der Waals surface area (Å²) in [6.45, 7) is 1.65. The molecule has 1 aliphatic heterocycles. The number of anilines is 1. The second-order valence-electron chi connectivity index (χ2n) is 4.52. The molecule has 4 nitrogen and oxygen atoms in total. The summed E-state index contributed by atoms with van der Waals surface area (Å²) in [7, 11) is 0. The van der Waals surface area contributed by atoms with Crippen LogP contribution in [0.2, 0.25) is 0 Å². The lowest BCUT2D eigenvalue weighted by Gasteiger charge is -2.29. The van der Waals surface area contributed by atoms with E-state index in [2.05, 4.69) is 5.32 Å². The zero-order valence-corrected chi connectivity index (χ0v) is 9.69. The van der Waals surface area contributed by atoms with E-state index in [0.717, 1.165) is 11.4 Å². The molecule has 2 aliphatic rings. The summed E-state index contributed by atoms with van der Waals surface area (Å²) in [5.41, 5.74) is 0.890. The topological polar surface area (TPSA) is 41.6 Å². The van der Waals surface area contributed by atoms with Gasteiger partial charge in [0.2, 0.25) is 5.91 Å². The van der Waals surface area contributed by atoms with Crippen molar-refractivity contribution in [3.05, 3.63) is 24.3 Å². The minimum absolute atomic E-state index is 0.132. The van der Waals surface area contributed by atoms with Crippen LogP contribution in [0.25, 0.3) is 0 Å². The van der Waals surface area contributed by atoms with E-state index >= 15 is 0 Å². The highest BCUT2D eigenvalue weighted by Gasteiger charge is 2.26. The highest BCUT2D eigenvalue weighted by atomic mass is 16.5. The molecule has 1 fully saturated rings. The second kappa shape index (κ2) is 4.37.